The molecule has 0 radical (unpaired) electrons. The second-order valence-electron chi connectivity index (χ2n) is 6.71. The van der Waals surface area contributed by atoms with E-state index in [0.29, 0.717) is 6.61 Å². The molecule has 1 aromatic heterocycles. The summed E-state index contributed by atoms with van der Waals surface area (Å²) in [5.41, 5.74) is 1.62. The first-order chi connectivity index (χ1) is 15.4. The fraction of sp³-hybridized carbons (Fsp3) is 0.476. The van der Waals surface area contributed by atoms with Crippen molar-refractivity contribution in [3.63, 3.8) is 0 Å². The molecule has 2 rings (SSSR count). The van der Waals surface area contributed by atoms with E-state index in [1.165, 1.54) is 19.1 Å². The van der Waals surface area contributed by atoms with E-state index >= 15 is 0 Å². The summed E-state index contributed by atoms with van der Waals surface area (Å²) in [5, 5.41) is 14.6. The van der Waals surface area contributed by atoms with Crippen molar-refractivity contribution in [1.29, 1.82) is 0 Å². The summed E-state index contributed by atoms with van der Waals surface area (Å²) < 4.78 is 15.6. The van der Waals surface area contributed by atoms with Crippen molar-refractivity contribution in [2.45, 2.75) is 26.8 Å². The second kappa shape index (κ2) is 12.4. The molecule has 11 heteroatoms. The van der Waals surface area contributed by atoms with E-state index in [-0.39, 0.29) is 49.6 Å². The van der Waals surface area contributed by atoms with Crippen molar-refractivity contribution >= 4 is 23.3 Å². The highest BCUT2D eigenvalue weighted by Gasteiger charge is 2.30. The minimum Gasteiger partial charge on any atom is -0.465 e. The van der Waals surface area contributed by atoms with Gasteiger partial charge in [0.15, 0.2) is 0 Å². The highest BCUT2D eigenvalue weighted by molar-refractivity contribution is 5.79. The van der Waals surface area contributed by atoms with Gasteiger partial charge in [0.1, 0.15) is 13.2 Å². The number of ether oxygens (including phenoxy) is 3. The van der Waals surface area contributed by atoms with Crippen molar-refractivity contribution in [3.8, 4) is 6.01 Å². The van der Waals surface area contributed by atoms with E-state index in [1.54, 1.807) is 6.92 Å². The molecule has 0 bridgehead atoms. The third kappa shape index (κ3) is 6.77. The topological polar surface area (TPSA) is 129 Å². The lowest BCUT2D eigenvalue weighted by molar-refractivity contribution is -0.383. The molecule has 1 aromatic carbocycles. The molecule has 0 aliphatic carbocycles. The molecule has 32 heavy (non-hydrogen) atoms. The minimum absolute atomic E-state index is 0.0245. The van der Waals surface area contributed by atoms with Crippen LogP contribution in [-0.4, -0.2) is 61.4 Å². The van der Waals surface area contributed by atoms with Crippen LogP contribution in [0.3, 0.4) is 0 Å². The van der Waals surface area contributed by atoms with E-state index in [1.807, 2.05) is 31.2 Å². The molecular formula is C21H29N5O6. The number of hydrogen-bond donors (Lipinski definition) is 1. The van der Waals surface area contributed by atoms with Gasteiger partial charge in [-0.3, -0.25) is 14.9 Å². The number of carbonyl (C=O) groups excluding carboxylic acids is 1. The van der Waals surface area contributed by atoms with Gasteiger partial charge >= 0.3 is 17.7 Å². The van der Waals surface area contributed by atoms with Gasteiger partial charge in [-0.25, -0.2) is 0 Å². The van der Waals surface area contributed by atoms with Gasteiger partial charge in [0.2, 0.25) is 11.6 Å². The van der Waals surface area contributed by atoms with Crippen molar-refractivity contribution in [2.75, 3.05) is 50.7 Å². The summed E-state index contributed by atoms with van der Waals surface area (Å²) in [4.78, 5) is 33.5. The average molecular weight is 447 g/mol. The maximum Gasteiger partial charge on any atom is 0.353 e. The van der Waals surface area contributed by atoms with Crippen LogP contribution in [-0.2, 0) is 27.2 Å². The Balaban J connectivity index is 2.55. The molecule has 0 aliphatic heterocycles. The number of benzene rings is 1. The summed E-state index contributed by atoms with van der Waals surface area (Å²) in [6, 6.07) is 7.71. The molecular weight excluding hydrogens is 418 g/mol. The van der Waals surface area contributed by atoms with Gasteiger partial charge in [0, 0.05) is 20.7 Å². The van der Waals surface area contributed by atoms with E-state index < -0.39 is 10.9 Å². The lowest BCUT2D eigenvalue weighted by Gasteiger charge is -2.23. The summed E-state index contributed by atoms with van der Waals surface area (Å²) in [7, 11) is 3.04. The standard InChI is InChI=1S/C21H29N5O6/c1-5-15-8-7-9-16(12-15)13-25(14-17(27)31-6-2)20-18(26(28)29)19(22-3)23-21(24-20)32-11-10-30-4/h7-9,12H,5-6,10-11,13-14H2,1-4H3,(H,22,23,24). The Hall–Kier alpha value is -3.47. The summed E-state index contributed by atoms with van der Waals surface area (Å²) in [6.45, 7) is 4.34. The normalized spacial score (nSPS) is 10.5. The number of aryl methyl sites for hydroxylation is 1. The Morgan fingerprint density at radius 3 is 2.59 bits per heavy atom. The fourth-order valence-electron chi connectivity index (χ4n) is 3.00. The van der Waals surface area contributed by atoms with E-state index in [4.69, 9.17) is 14.2 Å². The molecule has 0 unspecified atom stereocenters. The Kier molecular flexibility index (Phi) is 9.61. The van der Waals surface area contributed by atoms with E-state index in [0.717, 1.165) is 17.5 Å². The van der Waals surface area contributed by atoms with Crippen LogP contribution in [0.4, 0.5) is 17.3 Å². The number of rotatable bonds is 13. The molecule has 1 heterocycles. The smallest absolute Gasteiger partial charge is 0.353 e. The van der Waals surface area contributed by atoms with Gasteiger partial charge in [0.05, 0.1) is 18.1 Å². The molecule has 11 nitrogen and oxygen atoms in total. The first kappa shape index (κ1) is 24.8. The monoisotopic (exact) mass is 447 g/mol. The molecule has 0 saturated carbocycles. The van der Waals surface area contributed by atoms with E-state index in [2.05, 4.69) is 15.3 Å². The number of nitro groups is 1. The maximum atomic E-state index is 12.3. The SMILES string of the molecule is CCOC(=O)CN(Cc1cccc(CC)c1)c1nc(OCCOC)nc(NC)c1[N+](=O)[O-]. The van der Waals surface area contributed by atoms with Crippen LogP contribution in [0.15, 0.2) is 24.3 Å². The first-order valence-electron chi connectivity index (χ1n) is 10.3. The highest BCUT2D eigenvalue weighted by atomic mass is 16.6. The van der Waals surface area contributed by atoms with Crippen molar-refractivity contribution in [1.82, 2.24) is 9.97 Å². The lowest BCUT2D eigenvalue weighted by atomic mass is 10.1. The predicted octanol–water partition coefficient (Wildman–Crippen LogP) is 2.58. The number of anilines is 2. The third-order valence-corrected chi connectivity index (χ3v) is 4.48. The highest BCUT2D eigenvalue weighted by Crippen LogP contribution is 2.35. The lowest BCUT2D eigenvalue weighted by Crippen LogP contribution is -2.32. The number of hydrogen-bond acceptors (Lipinski definition) is 10. The molecule has 0 atom stereocenters. The average Bonchev–Trinajstić information content (AvgIpc) is 2.78. The number of methoxy groups -OCH3 is 1. The molecule has 0 fully saturated rings. The van der Waals surface area contributed by atoms with Crippen LogP contribution in [0.2, 0.25) is 0 Å². The molecule has 1 N–H and O–H groups in total. The van der Waals surface area contributed by atoms with Crippen LogP contribution in [0.5, 0.6) is 6.01 Å². The molecule has 0 saturated heterocycles. The Labute approximate surface area is 186 Å². The van der Waals surface area contributed by atoms with Crippen LogP contribution in [0.25, 0.3) is 0 Å². The quantitative estimate of drug-likeness (QED) is 0.212. The van der Waals surface area contributed by atoms with Gasteiger partial charge in [-0.1, -0.05) is 31.2 Å². The molecule has 0 amide bonds. The van der Waals surface area contributed by atoms with Gasteiger partial charge in [0.25, 0.3) is 0 Å². The number of esters is 1. The Bertz CT molecular complexity index is 924. The van der Waals surface area contributed by atoms with E-state index in [9.17, 15) is 14.9 Å². The van der Waals surface area contributed by atoms with Crippen molar-refractivity contribution < 1.29 is 23.9 Å². The summed E-state index contributed by atoms with van der Waals surface area (Å²) in [6.07, 6.45) is 0.834. The second-order valence-corrected chi connectivity index (χ2v) is 6.71. The summed E-state index contributed by atoms with van der Waals surface area (Å²) in [5.74, 6) is -0.597. The predicted molar refractivity (Wildman–Crippen MR) is 119 cm³/mol. The van der Waals surface area contributed by atoms with Gasteiger partial charge < -0.3 is 24.4 Å². The van der Waals surface area contributed by atoms with Crippen LogP contribution < -0.4 is 15.0 Å². The zero-order chi connectivity index (χ0) is 23.5. The zero-order valence-electron chi connectivity index (χ0n) is 18.8. The number of nitrogens with one attached hydrogen (secondary N) is 1. The Morgan fingerprint density at radius 2 is 1.97 bits per heavy atom. The molecule has 0 aliphatic rings. The number of aromatic nitrogens is 2. The van der Waals surface area contributed by atoms with Crippen molar-refractivity contribution in [3.05, 3.63) is 45.5 Å². The molecule has 0 spiro atoms. The van der Waals surface area contributed by atoms with Gasteiger partial charge in [-0.2, -0.15) is 9.97 Å². The largest absolute Gasteiger partial charge is 0.465 e. The van der Waals surface area contributed by atoms with Gasteiger partial charge in [-0.05, 0) is 24.5 Å². The van der Waals surface area contributed by atoms with Crippen LogP contribution in [0.1, 0.15) is 25.0 Å². The minimum atomic E-state index is -0.583. The number of carbonyl (C=O) groups is 1. The third-order valence-electron chi connectivity index (χ3n) is 4.48. The van der Waals surface area contributed by atoms with Crippen LogP contribution in [0, 0.1) is 10.1 Å². The number of nitrogens with zero attached hydrogens (tertiary/aromatic N) is 4. The Morgan fingerprint density at radius 1 is 1.22 bits per heavy atom. The van der Waals surface area contributed by atoms with Gasteiger partial charge in [-0.15, -0.1) is 0 Å². The van der Waals surface area contributed by atoms with Crippen LogP contribution >= 0.6 is 0 Å². The maximum absolute atomic E-state index is 12.3. The molecule has 174 valence electrons. The molecule has 2 aromatic rings. The summed E-state index contributed by atoms with van der Waals surface area (Å²) >= 11 is 0. The fourth-order valence-corrected chi connectivity index (χ4v) is 3.00. The van der Waals surface area contributed by atoms with Crippen molar-refractivity contribution in [2.24, 2.45) is 0 Å². The first-order valence-corrected chi connectivity index (χ1v) is 10.3. The zero-order valence-corrected chi connectivity index (χ0v) is 18.8.